The molecule has 0 spiro atoms. The van der Waals surface area contributed by atoms with Gasteiger partial charge in [0.25, 0.3) is 0 Å². The number of benzene rings is 1. The van der Waals surface area contributed by atoms with Crippen molar-refractivity contribution in [2.45, 2.75) is 20.3 Å². The van der Waals surface area contributed by atoms with E-state index in [0.717, 1.165) is 11.3 Å². The van der Waals surface area contributed by atoms with E-state index in [9.17, 15) is 9.59 Å². The van der Waals surface area contributed by atoms with Gasteiger partial charge in [0.05, 0.1) is 17.5 Å². The van der Waals surface area contributed by atoms with E-state index in [4.69, 9.17) is 0 Å². The smallest absolute Gasteiger partial charge is 0.238 e. The van der Waals surface area contributed by atoms with Gasteiger partial charge in [-0.1, -0.05) is 18.2 Å². The Morgan fingerprint density at radius 2 is 1.50 bits per heavy atom. The standard InChI is InChI=1S/C19H19NO2/c1-9-3-4-11(7-10(9)2)20-18(21)16-12-5-6-13(15-8-14(12)15)17(16)19(20)22/h3-7,12-17H,8H2,1-2H3. The average molecular weight is 293 g/mol. The van der Waals surface area contributed by atoms with Gasteiger partial charge in [-0.15, -0.1) is 0 Å². The summed E-state index contributed by atoms with van der Waals surface area (Å²) in [5.41, 5.74) is 3.06. The van der Waals surface area contributed by atoms with Crippen LogP contribution in [0.25, 0.3) is 0 Å². The molecule has 6 unspecified atom stereocenters. The fraction of sp³-hybridized carbons (Fsp3) is 0.474. The molecule has 1 aromatic rings. The van der Waals surface area contributed by atoms with Crippen LogP contribution in [0.15, 0.2) is 30.4 Å². The largest absolute Gasteiger partial charge is 0.274 e. The number of allylic oxidation sites excluding steroid dienone is 2. The van der Waals surface area contributed by atoms with Gasteiger partial charge in [0, 0.05) is 0 Å². The predicted molar refractivity (Wildman–Crippen MR) is 83.1 cm³/mol. The van der Waals surface area contributed by atoms with E-state index in [1.165, 1.54) is 16.9 Å². The van der Waals surface area contributed by atoms with E-state index in [1.54, 1.807) is 0 Å². The molecule has 22 heavy (non-hydrogen) atoms. The van der Waals surface area contributed by atoms with E-state index in [-0.39, 0.29) is 23.7 Å². The third kappa shape index (κ3) is 1.37. The lowest BCUT2D eigenvalue weighted by Crippen LogP contribution is -2.40. The Balaban J connectivity index is 1.58. The van der Waals surface area contributed by atoms with E-state index in [1.807, 2.05) is 32.0 Å². The number of carbonyl (C=O) groups excluding carboxylic acids is 2. The van der Waals surface area contributed by atoms with Crippen molar-refractivity contribution in [1.29, 1.82) is 0 Å². The predicted octanol–water partition coefficient (Wildman–Crippen LogP) is 2.86. The number of anilines is 1. The van der Waals surface area contributed by atoms with Crippen molar-refractivity contribution in [3.05, 3.63) is 41.5 Å². The summed E-state index contributed by atoms with van der Waals surface area (Å²) in [6, 6.07) is 5.88. The third-order valence-corrected chi connectivity index (χ3v) is 6.41. The van der Waals surface area contributed by atoms with Gasteiger partial charge < -0.3 is 0 Å². The lowest BCUT2D eigenvalue weighted by atomic mass is 9.63. The van der Waals surface area contributed by atoms with Crippen LogP contribution in [0.2, 0.25) is 0 Å². The zero-order valence-corrected chi connectivity index (χ0v) is 12.8. The highest BCUT2D eigenvalue weighted by Crippen LogP contribution is 2.65. The van der Waals surface area contributed by atoms with Crippen molar-refractivity contribution < 1.29 is 9.59 Å². The molecule has 2 saturated carbocycles. The second-order valence-electron chi connectivity index (χ2n) is 7.44. The maximum absolute atomic E-state index is 13.0. The number of rotatable bonds is 1. The van der Waals surface area contributed by atoms with Gasteiger partial charge in [0.15, 0.2) is 0 Å². The van der Waals surface area contributed by atoms with Crippen molar-refractivity contribution in [1.82, 2.24) is 0 Å². The molecule has 1 heterocycles. The van der Waals surface area contributed by atoms with E-state index < -0.39 is 0 Å². The van der Waals surface area contributed by atoms with Crippen LogP contribution in [0.4, 0.5) is 5.69 Å². The topological polar surface area (TPSA) is 37.4 Å². The normalized spacial score (nSPS) is 40.9. The van der Waals surface area contributed by atoms with E-state index in [0.29, 0.717) is 23.7 Å². The van der Waals surface area contributed by atoms with Crippen LogP contribution < -0.4 is 4.90 Å². The SMILES string of the molecule is Cc1ccc(N2C(=O)C3C4C=CC(C5CC45)C3C2=O)cc1C. The highest BCUT2D eigenvalue weighted by atomic mass is 16.2. The van der Waals surface area contributed by atoms with Crippen LogP contribution in [0, 0.1) is 49.4 Å². The molecule has 2 bridgehead atoms. The van der Waals surface area contributed by atoms with Gasteiger partial charge in [-0.25, -0.2) is 0 Å². The Kier molecular flexibility index (Phi) is 2.23. The average Bonchev–Trinajstić information content (AvgIpc) is 3.28. The van der Waals surface area contributed by atoms with E-state index in [2.05, 4.69) is 12.2 Å². The number of hydrogen-bond donors (Lipinski definition) is 0. The fourth-order valence-corrected chi connectivity index (χ4v) is 5.08. The number of amides is 2. The highest BCUT2D eigenvalue weighted by Gasteiger charge is 2.67. The highest BCUT2D eigenvalue weighted by molar-refractivity contribution is 6.22. The second-order valence-corrected chi connectivity index (χ2v) is 7.44. The quantitative estimate of drug-likeness (QED) is 0.590. The number of carbonyl (C=O) groups is 2. The van der Waals surface area contributed by atoms with Crippen molar-refractivity contribution >= 4 is 17.5 Å². The molecule has 3 heteroatoms. The van der Waals surface area contributed by atoms with Gasteiger partial charge in [-0.05, 0) is 67.2 Å². The monoisotopic (exact) mass is 293 g/mol. The van der Waals surface area contributed by atoms with Crippen molar-refractivity contribution in [2.75, 3.05) is 4.90 Å². The van der Waals surface area contributed by atoms with Crippen LogP contribution >= 0.6 is 0 Å². The molecule has 5 aliphatic rings. The van der Waals surface area contributed by atoms with Crippen LogP contribution in [-0.2, 0) is 9.59 Å². The zero-order valence-electron chi connectivity index (χ0n) is 12.8. The Labute approximate surface area is 130 Å². The summed E-state index contributed by atoms with van der Waals surface area (Å²) >= 11 is 0. The number of imide groups is 1. The lowest BCUT2D eigenvalue weighted by molar-refractivity contribution is -0.124. The molecular formula is C19H19NO2. The van der Waals surface area contributed by atoms with Gasteiger partial charge in [-0.2, -0.15) is 0 Å². The minimum absolute atomic E-state index is 0.0305. The molecule has 3 nitrogen and oxygen atoms in total. The molecule has 0 N–H and O–H groups in total. The number of aryl methyl sites for hydroxylation is 2. The first-order chi connectivity index (χ1) is 10.6. The van der Waals surface area contributed by atoms with Gasteiger partial charge in [-0.3, -0.25) is 14.5 Å². The molecule has 2 amide bonds. The Bertz CT molecular complexity index is 714. The fourth-order valence-electron chi connectivity index (χ4n) is 5.08. The van der Waals surface area contributed by atoms with Crippen molar-refractivity contribution in [2.24, 2.45) is 35.5 Å². The molecule has 4 aliphatic carbocycles. The van der Waals surface area contributed by atoms with Crippen molar-refractivity contribution in [3.63, 3.8) is 0 Å². The first-order valence-corrected chi connectivity index (χ1v) is 8.21. The van der Waals surface area contributed by atoms with E-state index >= 15 is 0 Å². The summed E-state index contributed by atoms with van der Waals surface area (Å²) in [5.74, 6) is 1.77. The minimum atomic E-state index is -0.104. The molecule has 0 radical (unpaired) electrons. The first-order valence-electron chi connectivity index (χ1n) is 8.21. The van der Waals surface area contributed by atoms with Crippen LogP contribution in [-0.4, -0.2) is 11.8 Å². The minimum Gasteiger partial charge on any atom is -0.274 e. The first kappa shape index (κ1) is 12.6. The summed E-state index contributed by atoms with van der Waals surface area (Å²) in [4.78, 5) is 27.4. The van der Waals surface area contributed by atoms with Crippen LogP contribution in [0.1, 0.15) is 17.5 Å². The molecule has 0 aromatic heterocycles. The molecule has 1 aliphatic heterocycles. The Hall–Kier alpha value is -1.90. The van der Waals surface area contributed by atoms with Crippen LogP contribution in [0.3, 0.4) is 0 Å². The van der Waals surface area contributed by atoms with Gasteiger partial charge >= 0.3 is 0 Å². The maximum Gasteiger partial charge on any atom is 0.238 e. The second kappa shape index (κ2) is 3.89. The molecule has 1 aromatic carbocycles. The summed E-state index contributed by atoms with van der Waals surface area (Å²) in [7, 11) is 0. The van der Waals surface area contributed by atoms with Crippen molar-refractivity contribution in [3.8, 4) is 0 Å². The Morgan fingerprint density at radius 1 is 0.909 bits per heavy atom. The molecule has 6 atom stereocenters. The zero-order chi connectivity index (χ0) is 15.2. The number of nitrogens with zero attached hydrogens (tertiary/aromatic N) is 1. The van der Waals surface area contributed by atoms with Crippen LogP contribution in [0.5, 0.6) is 0 Å². The summed E-state index contributed by atoms with van der Waals surface area (Å²) in [6.07, 6.45) is 5.64. The molecule has 3 fully saturated rings. The lowest BCUT2D eigenvalue weighted by Gasteiger charge is -2.37. The summed E-state index contributed by atoms with van der Waals surface area (Å²) < 4.78 is 0. The molecule has 6 rings (SSSR count). The van der Waals surface area contributed by atoms with Gasteiger partial charge in [0.2, 0.25) is 11.8 Å². The number of hydrogen-bond acceptors (Lipinski definition) is 2. The molecular weight excluding hydrogens is 274 g/mol. The molecule has 1 saturated heterocycles. The maximum atomic E-state index is 13.0. The molecule has 112 valence electrons. The summed E-state index contributed by atoms with van der Waals surface area (Å²) in [5, 5.41) is 0. The van der Waals surface area contributed by atoms with Gasteiger partial charge in [0.1, 0.15) is 0 Å². The summed E-state index contributed by atoms with van der Waals surface area (Å²) in [6.45, 7) is 4.07. The Morgan fingerprint density at radius 3 is 2.05 bits per heavy atom. The third-order valence-electron chi connectivity index (χ3n) is 6.41.